The number of nitrogens with one attached hydrogen (secondary N) is 1. The molecule has 1 heterocycles. The number of para-hydroxylation sites is 1. The minimum Gasteiger partial charge on any atom is -0.323 e. The molecule has 1 atom stereocenters. The fourth-order valence-electron chi connectivity index (χ4n) is 2.78. The molecule has 0 saturated carbocycles. The second kappa shape index (κ2) is 7.71. The van der Waals surface area contributed by atoms with Crippen molar-refractivity contribution in [2.75, 3.05) is 11.9 Å². The van der Waals surface area contributed by atoms with Gasteiger partial charge in [0.05, 0.1) is 11.7 Å². The van der Waals surface area contributed by atoms with Crippen LogP contribution in [-0.4, -0.2) is 40.1 Å². The van der Waals surface area contributed by atoms with E-state index in [2.05, 4.69) is 21.2 Å². The Hall–Kier alpha value is -3.00. The van der Waals surface area contributed by atoms with E-state index in [1.165, 1.54) is 0 Å². The number of hydrogen-bond donors (Lipinski definition) is 1. The highest BCUT2D eigenvalue weighted by Gasteiger charge is 2.47. The second-order valence-electron chi connectivity index (χ2n) is 5.96. The van der Waals surface area contributed by atoms with Gasteiger partial charge in [0.1, 0.15) is 6.54 Å². The summed E-state index contributed by atoms with van der Waals surface area (Å²) in [6.45, 7) is 1.12. The molecule has 5 amide bonds. The Morgan fingerprint density at radius 2 is 1.63 bits per heavy atom. The van der Waals surface area contributed by atoms with Crippen LogP contribution in [0.5, 0.6) is 0 Å². The number of halogens is 1. The monoisotopic (exact) mass is 429 g/mol. The first-order chi connectivity index (χ1) is 12.9. The van der Waals surface area contributed by atoms with Gasteiger partial charge < -0.3 is 5.32 Å². The zero-order valence-corrected chi connectivity index (χ0v) is 16.0. The number of urea groups is 1. The molecule has 1 unspecified atom stereocenters. The molecule has 1 N–H and O–H groups in total. The van der Waals surface area contributed by atoms with Gasteiger partial charge in [0.25, 0.3) is 0 Å². The van der Waals surface area contributed by atoms with Gasteiger partial charge in [-0.15, -0.1) is 0 Å². The third-order valence-electron chi connectivity index (χ3n) is 4.20. The van der Waals surface area contributed by atoms with Gasteiger partial charge in [-0.1, -0.05) is 42.5 Å². The largest absolute Gasteiger partial charge is 0.335 e. The number of amides is 5. The number of anilines is 1. The molecule has 2 aromatic carbocycles. The molecule has 1 aliphatic rings. The average molecular weight is 430 g/mol. The van der Waals surface area contributed by atoms with Crippen LogP contribution >= 0.6 is 15.9 Å². The summed E-state index contributed by atoms with van der Waals surface area (Å²) in [6.07, 6.45) is 0. The maximum Gasteiger partial charge on any atom is 0.335 e. The molecule has 0 aliphatic carbocycles. The van der Waals surface area contributed by atoms with Crippen LogP contribution in [0, 0.1) is 0 Å². The highest BCUT2D eigenvalue weighted by atomic mass is 79.9. The van der Waals surface area contributed by atoms with Gasteiger partial charge in [-0.25, -0.2) is 14.6 Å². The first-order valence-corrected chi connectivity index (χ1v) is 8.97. The highest BCUT2D eigenvalue weighted by molar-refractivity contribution is 9.10. The molecule has 3 rings (SSSR count). The van der Waals surface area contributed by atoms with Gasteiger partial charge in [-0.05, 0) is 40.5 Å². The van der Waals surface area contributed by atoms with Crippen LogP contribution in [0.1, 0.15) is 18.5 Å². The highest BCUT2D eigenvalue weighted by Crippen LogP contribution is 2.26. The van der Waals surface area contributed by atoms with Crippen molar-refractivity contribution in [1.82, 2.24) is 9.80 Å². The standard InChI is InChI=1S/C19H16BrN3O4/c1-12(13-7-3-2-4-8-13)23-18(26)17(25)22(19(23)27)11-16(24)21-15-10-6-5-9-14(15)20/h2-10,12H,11H2,1H3,(H,21,24). The van der Waals surface area contributed by atoms with Crippen LogP contribution in [-0.2, 0) is 14.4 Å². The summed E-state index contributed by atoms with van der Waals surface area (Å²) in [5.41, 5.74) is 1.22. The van der Waals surface area contributed by atoms with Crippen molar-refractivity contribution in [1.29, 1.82) is 0 Å². The van der Waals surface area contributed by atoms with E-state index in [1.807, 2.05) is 6.07 Å². The van der Waals surface area contributed by atoms with Crippen molar-refractivity contribution in [3.63, 3.8) is 0 Å². The Kier molecular flexibility index (Phi) is 5.36. The molecule has 0 bridgehead atoms. The van der Waals surface area contributed by atoms with Crippen LogP contribution in [0.4, 0.5) is 10.5 Å². The van der Waals surface area contributed by atoms with E-state index in [0.29, 0.717) is 20.6 Å². The average Bonchev–Trinajstić information content (AvgIpc) is 2.87. The lowest BCUT2D eigenvalue weighted by Crippen LogP contribution is -2.39. The number of carbonyl (C=O) groups is 4. The maximum absolute atomic E-state index is 12.6. The molecule has 1 fully saturated rings. The summed E-state index contributed by atoms with van der Waals surface area (Å²) in [6, 6.07) is 14.4. The topological polar surface area (TPSA) is 86.8 Å². The third kappa shape index (κ3) is 3.75. The lowest BCUT2D eigenvalue weighted by atomic mass is 10.1. The van der Waals surface area contributed by atoms with Crippen molar-refractivity contribution in [2.45, 2.75) is 13.0 Å². The van der Waals surface area contributed by atoms with Crippen LogP contribution in [0.25, 0.3) is 0 Å². The van der Waals surface area contributed by atoms with Crippen molar-refractivity contribution < 1.29 is 19.2 Å². The zero-order valence-electron chi connectivity index (χ0n) is 14.4. The van der Waals surface area contributed by atoms with Crippen molar-refractivity contribution in [2.24, 2.45) is 0 Å². The van der Waals surface area contributed by atoms with E-state index in [1.54, 1.807) is 55.5 Å². The fraction of sp³-hybridized carbons (Fsp3) is 0.158. The van der Waals surface area contributed by atoms with Crippen molar-refractivity contribution in [3.05, 3.63) is 64.6 Å². The normalized spacial score (nSPS) is 15.3. The Morgan fingerprint density at radius 3 is 2.30 bits per heavy atom. The van der Waals surface area contributed by atoms with E-state index in [-0.39, 0.29) is 0 Å². The molecular formula is C19H16BrN3O4. The van der Waals surface area contributed by atoms with Gasteiger partial charge in [0, 0.05) is 4.47 Å². The third-order valence-corrected chi connectivity index (χ3v) is 4.89. The second-order valence-corrected chi connectivity index (χ2v) is 6.82. The van der Waals surface area contributed by atoms with Crippen molar-refractivity contribution >= 4 is 45.4 Å². The van der Waals surface area contributed by atoms with Crippen LogP contribution in [0.15, 0.2) is 59.1 Å². The Labute approximate surface area is 164 Å². The molecule has 27 heavy (non-hydrogen) atoms. The molecule has 138 valence electrons. The van der Waals surface area contributed by atoms with Crippen LogP contribution in [0.2, 0.25) is 0 Å². The predicted molar refractivity (Wildman–Crippen MR) is 102 cm³/mol. The van der Waals surface area contributed by atoms with E-state index < -0.39 is 36.3 Å². The van der Waals surface area contributed by atoms with Gasteiger partial charge in [0.15, 0.2) is 0 Å². The zero-order chi connectivity index (χ0) is 19.6. The Balaban J connectivity index is 1.74. The first-order valence-electron chi connectivity index (χ1n) is 8.18. The summed E-state index contributed by atoms with van der Waals surface area (Å²) < 4.78 is 0.660. The molecule has 2 aromatic rings. The minimum atomic E-state index is -1.01. The number of hydrogen-bond acceptors (Lipinski definition) is 4. The molecule has 1 saturated heterocycles. The lowest BCUT2D eigenvalue weighted by Gasteiger charge is -2.22. The first kappa shape index (κ1) is 18.8. The number of rotatable bonds is 5. The number of imide groups is 2. The lowest BCUT2D eigenvalue weighted by molar-refractivity contribution is -0.144. The molecule has 0 spiro atoms. The van der Waals surface area contributed by atoms with E-state index in [4.69, 9.17) is 0 Å². The Morgan fingerprint density at radius 1 is 1.00 bits per heavy atom. The molecule has 8 heteroatoms. The van der Waals surface area contributed by atoms with Gasteiger partial charge in [-0.2, -0.15) is 0 Å². The number of nitrogens with zero attached hydrogens (tertiary/aromatic N) is 2. The van der Waals surface area contributed by atoms with Crippen molar-refractivity contribution in [3.8, 4) is 0 Å². The summed E-state index contributed by atoms with van der Waals surface area (Å²) in [4.78, 5) is 51.0. The minimum absolute atomic E-state index is 0.502. The van der Waals surface area contributed by atoms with E-state index >= 15 is 0 Å². The number of benzene rings is 2. The van der Waals surface area contributed by atoms with Gasteiger partial charge in [-0.3, -0.25) is 14.4 Å². The number of carbonyl (C=O) groups excluding carboxylic acids is 4. The summed E-state index contributed by atoms with van der Waals surface area (Å²) in [5.74, 6) is -2.53. The van der Waals surface area contributed by atoms with Gasteiger partial charge >= 0.3 is 17.8 Å². The smallest absolute Gasteiger partial charge is 0.323 e. The quantitative estimate of drug-likeness (QED) is 0.584. The van der Waals surface area contributed by atoms with Crippen LogP contribution in [0.3, 0.4) is 0 Å². The molecule has 0 aromatic heterocycles. The van der Waals surface area contributed by atoms with E-state index in [9.17, 15) is 19.2 Å². The summed E-state index contributed by atoms with van der Waals surface area (Å²) in [7, 11) is 0. The predicted octanol–water partition coefficient (Wildman–Crippen LogP) is 2.94. The van der Waals surface area contributed by atoms with E-state index in [0.717, 1.165) is 4.90 Å². The van der Waals surface area contributed by atoms with Crippen LogP contribution < -0.4 is 5.32 Å². The SMILES string of the molecule is CC(c1ccccc1)N1C(=O)C(=O)N(CC(=O)Nc2ccccc2Br)C1=O. The van der Waals surface area contributed by atoms with Gasteiger partial charge in [0.2, 0.25) is 5.91 Å². The Bertz CT molecular complexity index is 916. The molecule has 7 nitrogen and oxygen atoms in total. The maximum atomic E-state index is 12.6. The summed E-state index contributed by atoms with van der Waals surface area (Å²) in [5, 5.41) is 2.61. The molecule has 1 aliphatic heterocycles. The fourth-order valence-corrected chi connectivity index (χ4v) is 3.16. The summed E-state index contributed by atoms with van der Waals surface area (Å²) >= 11 is 3.30. The molecule has 0 radical (unpaired) electrons. The molecular weight excluding hydrogens is 414 g/mol.